The van der Waals surface area contributed by atoms with Crippen LogP contribution in [0.2, 0.25) is 5.02 Å². The van der Waals surface area contributed by atoms with Crippen LogP contribution in [0.15, 0.2) is 33.9 Å². The lowest BCUT2D eigenvalue weighted by Gasteiger charge is -2.03. The summed E-state index contributed by atoms with van der Waals surface area (Å²) in [5.41, 5.74) is 2.61. The maximum atomic E-state index is 12.3. The number of halogens is 1. The van der Waals surface area contributed by atoms with E-state index >= 15 is 0 Å². The highest BCUT2D eigenvalue weighted by Gasteiger charge is 2.21. The minimum atomic E-state index is -0.604. The fourth-order valence-corrected chi connectivity index (χ4v) is 3.60. The number of rotatable bonds is 8. The number of hydrogen-bond donors (Lipinski definition) is 1. The van der Waals surface area contributed by atoms with Gasteiger partial charge in [-0.3, -0.25) is 14.4 Å². The summed E-state index contributed by atoms with van der Waals surface area (Å²) < 4.78 is 10.5. The molecule has 0 fully saturated rings. The van der Waals surface area contributed by atoms with Crippen LogP contribution in [-0.2, 0) is 9.53 Å². The SMILES string of the molecule is CC(=O)c1c(C)[nH]c(C(=O)COC(=O)CSc2nnc(-c3ccc(Cl)cc3)o2)c1C. The van der Waals surface area contributed by atoms with Crippen molar-refractivity contribution < 1.29 is 23.5 Å². The molecule has 0 aliphatic rings. The van der Waals surface area contributed by atoms with Crippen LogP contribution in [0.25, 0.3) is 11.5 Å². The van der Waals surface area contributed by atoms with Gasteiger partial charge >= 0.3 is 5.97 Å². The number of nitrogens with one attached hydrogen (secondary N) is 1. The van der Waals surface area contributed by atoms with Gasteiger partial charge in [0, 0.05) is 21.8 Å². The first-order valence-corrected chi connectivity index (χ1v) is 10.2. The summed E-state index contributed by atoms with van der Waals surface area (Å²) in [5, 5.41) is 8.59. The van der Waals surface area contributed by atoms with Gasteiger partial charge in [0.05, 0.1) is 5.69 Å². The van der Waals surface area contributed by atoms with Gasteiger partial charge in [0.15, 0.2) is 12.4 Å². The predicted octanol–water partition coefficient (Wildman–Crippen LogP) is 4.06. The van der Waals surface area contributed by atoms with Gasteiger partial charge in [-0.25, -0.2) is 0 Å². The highest BCUT2D eigenvalue weighted by molar-refractivity contribution is 7.99. The molecule has 0 amide bonds. The summed E-state index contributed by atoms with van der Waals surface area (Å²) in [6, 6.07) is 6.89. The number of carbonyl (C=O) groups excluding carboxylic acids is 3. The van der Waals surface area contributed by atoms with Crippen LogP contribution in [0.3, 0.4) is 0 Å². The molecule has 0 saturated carbocycles. The van der Waals surface area contributed by atoms with Crippen LogP contribution in [0.5, 0.6) is 0 Å². The third kappa shape index (κ3) is 4.98. The summed E-state index contributed by atoms with van der Waals surface area (Å²) >= 11 is 6.85. The number of aryl methyl sites for hydroxylation is 1. The molecular weight excluding hydrogens is 430 g/mol. The third-order valence-electron chi connectivity index (χ3n) is 4.24. The van der Waals surface area contributed by atoms with E-state index in [1.54, 1.807) is 38.1 Å². The molecule has 3 rings (SSSR count). The summed E-state index contributed by atoms with van der Waals surface area (Å²) in [6.07, 6.45) is 0. The fourth-order valence-electron chi connectivity index (χ4n) is 2.91. The average molecular weight is 448 g/mol. The molecule has 0 atom stereocenters. The molecule has 0 unspecified atom stereocenters. The van der Waals surface area contributed by atoms with E-state index in [4.69, 9.17) is 20.8 Å². The molecule has 2 heterocycles. The highest BCUT2D eigenvalue weighted by atomic mass is 35.5. The summed E-state index contributed by atoms with van der Waals surface area (Å²) in [5.74, 6) is -0.948. The Balaban J connectivity index is 1.52. The van der Waals surface area contributed by atoms with Crippen molar-refractivity contribution in [3.05, 3.63) is 51.8 Å². The van der Waals surface area contributed by atoms with E-state index in [0.717, 1.165) is 11.8 Å². The second-order valence-electron chi connectivity index (χ2n) is 6.43. The van der Waals surface area contributed by atoms with E-state index in [-0.39, 0.29) is 22.5 Å². The van der Waals surface area contributed by atoms with Crippen LogP contribution < -0.4 is 0 Å². The third-order valence-corrected chi connectivity index (χ3v) is 5.29. The Kier molecular flexibility index (Phi) is 6.73. The number of benzene rings is 1. The van der Waals surface area contributed by atoms with Crippen LogP contribution in [0.1, 0.15) is 39.0 Å². The number of aromatic amines is 1. The van der Waals surface area contributed by atoms with Gasteiger partial charge in [-0.15, -0.1) is 10.2 Å². The van der Waals surface area contributed by atoms with E-state index in [0.29, 0.717) is 33.3 Å². The average Bonchev–Trinajstić information content (AvgIpc) is 3.29. The van der Waals surface area contributed by atoms with Gasteiger partial charge in [0.25, 0.3) is 5.22 Å². The van der Waals surface area contributed by atoms with Crippen molar-refractivity contribution in [3.8, 4) is 11.5 Å². The van der Waals surface area contributed by atoms with Crippen molar-refractivity contribution in [3.63, 3.8) is 0 Å². The van der Waals surface area contributed by atoms with Crippen molar-refractivity contribution >= 4 is 40.9 Å². The molecule has 1 N–H and O–H groups in total. The molecule has 0 saturated heterocycles. The molecule has 0 spiro atoms. The van der Waals surface area contributed by atoms with E-state index in [1.807, 2.05) is 0 Å². The van der Waals surface area contributed by atoms with Gasteiger partial charge in [0.1, 0.15) is 5.75 Å². The second kappa shape index (κ2) is 9.27. The molecule has 0 bridgehead atoms. The summed E-state index contributed by atoms with van der Waals surface area (Å²) in [6.45, 7) is 4.40. The Bertz CT molecular complexity index is 1100. The quantitative estimate of drug-likeness (QED) is 0.312. The molecule has 156 valence electrons. The Morgan fingerprint density at radius 3 is 2.50 bits per heavy atom. The van der Waals surface area contributed by atoms with Crippen molar-refractivity contribution in [1.82, 2.24) is 15.2 Å². The lowest BCUT2D eigenvalue weighted by Crippen LogP contribution is -2.16. The number of ether oxygens (including phenoxy) is 1. The Morgan fingerprint density at radius 2 is 1.87 bits per heavy atom. The van der Waals surface area contributed by atoms with Gasteiger partial charge in [-0.2, -0.15) is 0 Å². The van der Waals surface area contributed by atoms with Crippen LogP contribution in [-0.4, -0.2) is 45.1 Å². The van der Waals surface area contributed by atoms with E-state index in [9.17, 15) is 14.4 Å². The first kappa shape index (κ1) is 21.8. The van der Waals surface area contributed by atoms with E-state index in [2.05, 4.69) is 15.2 Å². The van der Waals surface area contributed by atoms with Gasteiger partial charge in [-0.05, 0) is 50.6 Å². The first-order valence-electron chi connectivity index (χ1n) is 8.87. The number of hydrogen-bond acceptors (Lipinski definition) is 8. The van der Waals surface area contributed by atoms with Crippen molar-refractivity contribution in [1.29, 1.82) is 0 Å². The molecule has 10 heteroatoms. The zero-order valence-corrected chi connectivity index (χ0v) is 18.0. The molecule has 0 aliphatic carbocycles. The number of ketones is 2. The van der Waals surface area contributed by atoms with E-state index in [1.165, 1.54) is 6.92 Å². The Hall–Kier alpha value is -2.91. The number of H-pyrrole nitrogens is 1. The normalized spacial score (nSPS) is 10.8. The van der Waals surface area contributed by atoms with Crippen LogP contribution >= 0.6 is 23.4 Å². The largest absolute Gasteiger partial charge is 0.457 e. The number of carbonyl (C=O) groups is 3. The van der Waals surface area contributed by atoms with Gasteiger partial charge in [0.2, 0.25) is 11.7 Å². The maximum Gasteiger partial charge on any atom is 0.316 e. The zero-order valence-electron chi connectivity index (χ0n) is 16.4. The monoisotopic (exact) mass is 447 g/mol. The molecule has 0 aliphatic heterocycles. The lowest BCUT2D eigenvalue weighted by atomic mass is 10.1. The highest BCUT2D eigenvalue weighted by Crippen LogP contribution is 2.24. The first-order chi connectivity index (χ1) is 14.3. The molecule has 30 heavy (non-hydrogen) atoms. The number of thioether (sulfide) groups is 1. The minimum Gasteiger partial charge on any atom is -0.457 e. The fraction of sp³-hybridized carbons (Fsp3) is 0.250. The predicted molar refractivity (Wildman–Crippen MR) is 111 cm³/mol. The number of nitrogens with zero attached hydrogens (tertiary/aromatic N) is 2. The van der Waals surface area contributed by atoms with E-state index < -0.39 is 18.4 Å². The molecular formula is C20H18ClN3O5S. The van der Waals surface area contributed by atoms with Crippen molar-refractivity contribution in [2.45, 2.75) is 26.0 Å². The van der Waals surface area contributed by atoms with Crippen molar-refractivity contribution in [2.75, 3.05) is 12.4 Å². The molecule has 0 radical (unpaired) electrons. The molecule has 3 aromatic rings. The number of Topliss-reactive ketones (excluding diaryl/α,β-unsaturated/α-hetero) is 2. The van der Waals surface area contributed by atoms with Gasteiger partial charge in [-0.1, -0.05) is 23.4 Å². The Labute approximate surface area is 181 Å². The maximum absolute atomic E-state index is 12.3. The lowest BCUT2D eigenvalue weighted by molar-refractivity contribution is -0.139. The standard InChI is InChI=1S/C20H18ClN3O5S/c1-10-17(12(3)25)11(2)22-18(10)15(26)8-28-16(27)9-30-20-24-23-19(29-20)13-4-6-14(21)7-5-13/h4-7,22H,8-9H2,1-3H3. The number of esters is 1. The Morgan fingerprint density at radius 1 is 1.17 bits per heavy atom. The topological polar surface area (TPSA) is 115 Å². The summed E-state index contributed by atoms with van der Waals surface area (Å²) in [7, 11) is 0. The summed E-state index contributed by atoms with van der Waals surface area (Å²) in [4.78, 5) is 38.9. The second-order valence-corrected chi connectivity index (χ2v) is 7.80. The van der Waals surface area contributed by atoms with Crippen LogP contribution in [0.4, 0.5) is 0 Å². The van der Waals surface area contributed by atoms with Gasteiger partial charge < -0.3 is 14.1 Å². The molecule has 2 aromatic heterocycles. The number of aromatic nitrogens is 3. The van der Waals surface area contributed by atoms with Crippen molar-refractivity contribution in [2.24, 2.45) is 0 Å². The molecule has 8 nitrogen and oxygen atoms in total. The minimum absolute atomic E-state index is 0.100. The van der Waals surface area contributed by atoms with Crippen LogP contribution in [0, 0.1) is 13.8 Å². The smallest absolute Gasteiger partial charge is 0.316 e. The molecule has 1 aromatic carbocycles. The zero-order chi connectivity index (χ0) is 21.8.